The van der Waals surface area contributed by atoms with Gasteiger partial charge in [-0.25, -0.2) is 14.2 Å². The van der Waals surface area contributed by atoms with Crippen molar-refractivity contribution in [2.75, 3.05) is 6.61 Å². The number of hydrogen-bond acceptors (Lipinski definition) is 6. The molecule has 0 aliphatic heterocycles. The number of benzene rings is 1. The van der Waals surface area contributed by atoms with Crippen LogP contribution in [0.2, 0.25) is 0 Å². The van der Waals surface area contributed by atoms with E-state index in [9.17, 15) is 27.2 Å². The molecule has 0 saturated heterocycles. The Morgan fingerprint density at radius 3 is 2.59 bits per heavy atom. The molecular formula is C18H17F4N3O4. The lowest BCUT2D eigenvalue weighted by Gasteiger charge is -2.12. The van der Waals surface area contributed by atoms with Crippen molar-refractivity contribution in [3.63, 3.8) is 0 Å². The molecule has 0 amide bonds. The van der Waals surface area contributed by atoms with E-state index in [0.717, 1.165) is 18.3 Å². The predicted octanol–water partition coefficient (Wildman–Crippen LogP) is 2.57. The molecule has 3 N–H and O–H groups in total. The Kier molecular flexibility index (Phi) is 6.62. The molecule has 2 aromatic rings. The van der Waals surface area contributed by atoms with Crippen molar-refractivity contribution in [2.45, 2.75) is 26.6 Å². The second kappa shape index (κ2) is 8.76. The summed E-state index contributed by atoms with van der Waals surface area (Å²) in [6, 6.07) is 2.87. The Balaban J connectivity index is 2.37. The normalized spacial score (nSPS) is 12.0. The van der Waals surface area contributed by atoms with Crippen molar-refractivity contribution in [3.8, 4) is 5.75 Å². The van der Waals surface area contributed by atoms with Crippen LogP contribution in [-0.2, 0) is 16.0 Å². The maximum absolute atomic E-state index is 13.5. The monoisotopic (exact) mass is 415 g/mol. The third-order valence-corrected chi connectivity index (χ3v) is 3.74. The van der Waals surface area contributed by atoms with Crippen LogP contribution in [0.3, 0.4) is 0 Å². The number of carbonyl (C=O) groups is 1. The summed E-state index contributed by atoms with van der Waals surface area (Å²) in [6.07, 6.45) is -4.27. The van der Waals surface area contributed by atoms with Gasteiger partial charge in [-0.15, -0.1) is 13.2 Å². The molecule has 0 saturated carbocycles. The zero-order chi connectivity index (χ0) is 21.8. The van der Waals surface area contributed by atoms with E-state index in [2.05, 4.69) is 14.7 Å². The fourth-order valence-electron chi connectivity index (χ4n) is 2.46. The number of esters is 1. The molecule has 2 rings (SSSR count). The number of carbonyl (C=O) groups excluding carboxylic acids is 1. The van der Waals surface area contributed by atoms with E-state index in [-0.39, 0.29) is 41.2 Å². The molecule has 0 aliphatic rings. The van der Waals surface area contributed by atoms with Crippen molar-refractivity contribution >= 4 is 11.5 Å². The summed E-state index contributed by atoms with van der Waals surface area (Å²) in [5.41, 5.74) is 5.12. The third kappa shape index (κ3) is 5.56. The Hall–Kier alpha value is -3.37. The Labute approximate surface area is 162 Å². The van der Waals surface area contributed by atoms with E-state index >= 15 is 0 Å². The highest BCUT2D eigenvalue weighted by atomic mass is 19.4. The Morgan fingerprint density at radius 2 is 2.03 bits per heavy atom. The van der Waals surface area contributed by atoms with Crippen LogP contribution >= 0.6 is 0 Å². The first kappa shape index (κ1) is 21.9. The summed E-state index contributed by atoms with van der Waals surface area (Å²) in [4.78, 5) is 30.8. The fraction of sp³-hybridized carbons (Fsp3) is 0.278. The Bertz CT molecular complexity index is 1000. The molecule has 0 spiro atoms. The molecular weight excluding hydrogens is 398 g/mol. The zero-order valence-corrected chi connectivity index (χ0v) is 15.4. The van der Waals surface area contributed by atoms with Gasteiger partial charge in [0.1, 0.15) is 11.4 Å². The van der Waals surface area contributed by atoms with E-state index in [1.165, 1.54) is 13.0 Å². The summed E-state index contributed by atoms with van der Waals surface area (Å²) >= 11 is 0. The molecule has 7 nitrogen and oxygen atoms in total. The van der Waals surface area contributed by atoms with Gasteiger partial charge in [0.05, 0.1) is 6.61 Å². The van der Waals surface area contributed by atoms with Crippen molar-refractivity contribution in [2.24, 2.45) is 5.73 Å². The van der Waals surface area contributed by atoms with Crippen molar-refractivity contribution in [3.05, 3.63) is 63.2 Å². The number of nitrogens with two attached hydrogens (primary N) is 1. The van der Waals surface area contributed by atoms with Crippen LogP contribution in [0.25, 0.3) is 5.57 Å². The Morgan fingerprint density at radius 1 is 1.34 bits per heavy atom. The second-order valence-corrected chi connectivity index (χ2v) is 5.77. The minimum atomic E-state index is -5.06. The quantitative estimate of drug-likeness (QED) is 0.427. The van der Waals surface area contributed by atoms with Crippen LogP contribution in [0.1, 0.15) is 29.6 Å². The maximum Gasteiger partial charge on any atom is 0.573 e. The molecule has 0 atom stereocenters. The minimum Gasteiger partial charge on any atom is -0.462 e. The van der Waals surface area contributed by atoms with Crippen LogP contribution in [0, 0.1) is 12.7 Å². The van der Waals surface area contributed by atoms with Gasteiger partial charge in [0, 0.05) is 23.9 Å². The highest BCUT2D eigenvalue weighted by Gasteiger charge is 2.32. The van der Waals surface area contributed by atoms with E-state index in [0.29, 0.717) is 0 Å². The topological polar surface area (TPSA) is 107 Å². The highest BCUT2D eigenvalue weighted by molar-refractivity contribution is 6.15. The van der Waals surface area contributed by atoms with Gasteiger partial charge in [-0.1, -0.05) is 6.07 Å². The van der Waals surface area contributed by atoms with Crippen LogP contribution in [-0.4, -0.2) is 28.9 Å². The highest BCUT2D eigenvalue weighted by Crippen LogP contribution is 2.27. The van der Waals surface area contributed by atoms with Gasteiger partial charge in [0.15, 0.2) is 11.6 Å². The number of ether oxygens (including phenoxy) is 2. The van der Waals surface area contributed by atoms with Gasteiger partial charge in [0.25, 0.3) is 5.56 Å². The molecule has 1 heterocycles. The number of nitrogens with zero attached hydrogens (tertiary/aromatic N) is 1. The summed E-state index contributed by atoms with van der Waals surface area (Å²) in [7, 11) is 0. The van der Waals surface area contributed by atoms with Gasteiger partial charge in [0.2, 0.25) is 0 Å². The number of hydrogen-bond donors (Lipinski definition) is 2. The van der Waals surface area contributed by atoms with Gasteiger partial charge >= 0.3 is 12.3 Å². The summed E-state index contributed by atoms with van der Waals surface area (Å²) < 4.78 is 59.1. The predicted molar refractivity (Wildman–Crippen MR) is 94.3 cm³/mol. The van der Waals surface area contributed by atoms with E-state index < -0.39 is 29.5 Å². The molecule has 0 unspecified atom stereocenters. The number of nitrogens with one attached hydrogen (secondary N) is 1. The number of H-pyrrole nitrogens is 1. The number of rotatable bonds is 6. The largest absolute Gasteiger partial charge is 0.573 e. The molecule has 29 heavy (non-hydrogen) atoms. The number of aromatic nitrogens is 2. The number of alkyl halides is 3. The molecule has 0 radical (unpaired) electrons. The minimum absolute atomic E-state index is 0.0877. The standard InChI is InChI=1S/C18H17F4N3O4/c1-3-28-17(27)12(8-23)15-24-9(2)11(16(26)25-15)6-10-4-5-13(19)14(7-10)29-18(20,21)22/h4-5,7-8H,3,6,23H2,1-2H3,(H,24,25,26)/b12-8+. The average Bonchev–Trinajstić information content (AvgIpc) is 2.60. The van der Waals surface area contributed by atoms with Gasteiger partial charge in [-0.2, -0.15) is 0 Å². The second-order valence-electron chi connectivity index (χ2n) is 5.77. The zero-order valence-electron chi connectivity index (χ0n) is 15.4. The van der Waals surface area contributed by atoms with Gasteiger partial charge < -0.3 is 20.2 Å². The van der Waals surface area contributed by atoms with Crippen molar-refractivity contribution in [1.82, 2.24) is 9.97 Å². The lowest BCUT2D eigenvalue weighted by molar-refractivity contribution is -0.275. The first-order valence-corrected chi connectivity index (χ1v) is 8.29. The van der Waals surface area contributed by atoms with E-state index in [4.69, 9.17) is 10.5 Å². The number of aromatic amines is 1. The van der Waals surface area contributed by atoms with Crippen molar-refractivity contribution < 1.29 is 31.8 Å². The third-order valence-electron chi connectivity index (χ3n) is 3.74. The fourth-order valence-corrected chi connectivity index (χ4v) is 2.46. The van der Waals surface area contributed by atoms with Gasteiger partial charge in [-0.3, -0.25) is 4.79 Å². The van der Waals surface area contributed by atoms with Crippen LogP contribution in [0.5, 0.6) is 5.75 Å². The van der Waals surface area contributed by atoms with Crippen LogP contribution < -0.4 is 16.0 Å². The molecule has 156 valence electrons. The van der Waals surface area contributed by atoms with Crippen LogP contribution in [0.4, 0.5) is 17.6 Å². The van der Waals surface area contributed by atoms with Gasteiger partial charge in [-0.05, 0) is 31.5 Å². The molecule has 11 heteroatoms. The summed E-state index contributed by atoms with van der Waals surface area (Å²) in [6.45, 7) is 3.16. The summed E-state index contributed by atoms with van der Waals surface area (Å²) in [5, 5.41) is 0. The molecule has 1 aromatic heterocycles. The SMILES string of the molecule is CCOC(=O)/C(=C/N)c1nc(C)c(Cc2ccc(F)c(OC(F)(F)F)c2)c(=O)[nH]1. The number of aryl methyl sites for hydroxylation is 1. The molecule has 1 aromatic carbocycles. The number of halogens is 4. The molecule has 0 aliphatic carbocycles. The lowest BCUT2D eigenvalue weighted by atomic mass is 10.0. The van der Waals surface area contributed by atoms with E-state index in [1.807, 2.05) is 0 Å². The first-order chi connectivity index (χ1) is 13.6. The smallest absolute Gasteiger partial charge is 0.462 e. The first-order valence-electron chi connectivity index (χ1n) is 8.29. The van der Waals surface area contributed by atoms with Crippen molar-refractivity contribution in [1.29, 1.82) is 0 Å². The average molecular weight is 415 g/mol. The molecule has 0 bridgehead atoms. The maximum atomic E-state index is 13.5. The lowest BCUT2D eigenvalue weighted by Crippen LogP contribution is -2.22. The van der Waals surface area contributed by atoms with Crippen LogP contribution in [0.15, 0.2) is 29.2 Å². The summed E-state index contributed by atoms with van der Waals surface area (Å²) in [5.74, 6) is -3.10. The van der Waals surface area contributed by atoms with E-state index in [1.54, 1.807) is 6.92 Å². The molecule has 0 fully saturated rings.